The monoisotopic (exact) mass is 284 g/mol. The second-order valence-electron chi connectivity index (χ2n) is 7.51. The topological polar surface area (TPSA) is 23.6 Å². The van der Waals surface area contributed by atoms with E-state index in [9.17, 15) is 4.79 Å². The molecule has 0 radical (unpaired) electrons. The summed E-state index contributed by atoms with van der Waals surface area (Å²) in [4.78, 5) is 17.1. The maximum atomic E-state index is 12.7. The first kappa shape index (κ1) is 13.3. The smallest absolute Gasteiger partial charge is 0.241 e. The molecule has 3 aliphatic rings. The van der Waals surface area contributed by atoms with Crippen molar-refractivity contribution in [2.75, 3.05) is 31.1 Å². The van der Waals surface area contributed by atoms with Crippen LogP contribution in [0.4, 0.5) is 5.69 Å². The standard InChI is InChI=1S/C18H24N2O/c1-13-5-6-16-14(8-13)4-3-7-20(16)17(21)11-19-10-15-9-18(15,2)12-19/h5-6,8,15H,3-4,7,9-12H2,1-2H3. The van der Waals surface area contributed by atoms with E-state index in [2.05, 4.69) is 36.9 Å². The summed E-state index contributed by atoms with van der Waals surface area (Å²) in [6, 6.07) is 6.49. The number of fused-ring (bicyclic) bond motifs is 2. The summed E-state index contributed by atoms with van der Waals surface area (Å²) in [6.07, 6.45) is 3.55. The number of carbonyl (C=O) groups is 1. The van der Waals surface area contributed by atoms with Gasteiger partial charge in [-0.15, -0.1) is 0 Å². The zero-order valence-corrected chi connectivity index (χ0v) is 13.1. The zero-order valence-electron chi connectivity index (χ0n) is 13.1. The van der Waals surface area contributed by atoms with E-state index in [4.69, 9.17) is 0 Å². The SMILES string of the molecule is Cc1ccc2c(c1)CCCN2C(=O)CN1CC2CC2(C)C1. The predicted octanol–water partition coefficient (Wildman–Crippen LogP) is 2.62. The molecule has 0 aromatic heterocycles. The summed E-state index contributed by atoms with van der Waals surface area (Å²) >= 11 is 0. The molecule has 1 saturated heterocycles. The summed E-state index contributed by atoms with van der Waals surface area (Å²) in [6.45, 7) is 8.19. The largest absolute Gasteiger partial charge is 0.311 e. The number of rotatable bonds is 2. The number of benzene rings is 1. The van der Waals surface area contributed by atoms with Crippen LogP contribution in [0.25, 0.3) is 0 Å². The summed E-state index contributed by atoms with van der Waals surface area (Å²) in [5.41, 5.74) is 4.30. The lowest BCUT2D eigenvalue weighted by Gasteiger charge is -2.31. The lowest BCUT2D eigenvalue weighted by molar-refractivity contribution is -0.119. The molecule has 0 bridgehead atoms. The normalized spacial score (nSPS) is 31.0. The van der Waals surface area contributed by atoms with Crippen molar-refractivity contribution < 1.29 is 4.79 Å². The van der Waals surface area contributed by atoms with Crippen molar-refractivity contribution in [1.82, 2.24) is 4.90 Å². The first-order valence-corrected chi connectivity index (χ1v) is 8.17. The van der Waals surface area contributed by atoms with Crippen LogP contribution in [0.3, 0.4) is 0 Å². The third-order valence-electron chi connectivity index (χ3n) is 5.62. The highest BCUT2D eigenvalue weighted by molar-refractivity contribution is 5.96. The maximum Gasteiger partial charge on any atom is 0.241 e. The van der Waals surface area contributed by atoms with Crippen molar-refractivity contribution in [3.63, 3.8) is 0 Å². The number of likely N-dealkylation sites (tertiary alicyclic amines) is 1. The van der Waals surface area contributed by atoms with Crippen molar-refractivity contribution in [3.8, 4) is 0 Å². The minimum atomic E-state index is 0.282. The number of hydrogen-bond acceptors (Lipinski definition) is 2. The van der Waals surface area contributed by atoms with Gasteiger partial charge in [-0.2, -0.15) is 0 Å². The van der Waals surface area contributed by atoms with Crippen molar-refractivity contribution in [1.29, 1.82) is 0 Å². The molecule has 2 unspecified atom stereocenters. The van der Waals surface area contributed by atoms with E-state index in [1.807, 2.05) is 4.90 Å². The molecule has 0 spiro atoms. The fourth-order valence-electron chi connectivity index (χ4n) is 4.25. The predicted molar refractivity (Wildman–Crippen MR) is 84.5 cm³/mol. The number of anilines is 1. The Balaban J connectivity index is 1.48. The first-order valence-electron chi connectivity index (χ1n) is 8.17. The Bertz CT molecular complexity index is 597. The van der Waals surface area contributed by atoms with Gasteiger partial charge < -0.3 is 4.90 Å². The third-order valence-corrected chi connectivity index (χ3v) is 5.62. The minimum absolute atomic E-state index is 0.282. The quantitative estimate of drug-likeness (QED) is 0.833. The van der Waals surface area contributed by atoms with E-state index in [1.54, 1.807) is 0 Å². The Kier molecular flexibility index (Phi) is 2.90. The van der Waals surface area contributed by atoms with Crippen LogP contribution in [0.5, 0.6) is 0 Å². The van der Waals surface area contributed by atoms with Gasteiger partial charge >= 0.3 is 0 Å². The van der Waals surface area contributed by atoms with Crippen molar-refractivity contribution >= 4 is 11.6 Å². The average molecular weight is 284 g/mol. The molecule has 4 rings (SSSR count). The molecule has 3 heteroatoms. The molecular formula is C18H24N2O. The van der Waals surface area contributed by atoms with Gasteiger partial charge in [-0.3, -0.25) is 9.69 Å². The molecule has 21 heavy (non-hydrogen) atoms. The average Bonchev–Trinajstić information content (AvgIpc) is 2.96. The molecule has 1 aliphatic carbocycles. The fraction of sp³-hybridized carbons (Fsp3) is 0.611. The van der Waals surface area contributed by atoms with E-state index >= 15 is 0 Å². The van der Waals surface area contributed by atoms with E-state index in [0.29, 0.717) is 12.0 Å². The molecule has 2 heterocycles. The number of carbonyl (C=O) groups excluding carboxylic acids is 1. The van der Waals surface area contributed by atoms with Crippen LogP contribution in [0.15, 0.2) is 18.2 Å². The zero-order chi connectivity index (χ0) is 14.6. The highest BCUT2D eigenvalue weighted by Gasteiger charge is 2.56. The summed E-state index contributed by atoms with van der Waals surface area (Å²) in [5.74, 6) is 1.13. The van der Waals surface area contributed by atoms with Gasteiger partial charge in [0.05, 0.1) is 6.54 Å². The first-order chi connectivity index (χ1) is 10.0. The van der Waals surface area contributed by atoms with Crippen LogP contribution in [0.1, 0.15) is 30.9 Å². The molecule has 2 fully saturated rings. The minimum Gasteiger partial charge on any atom is -0.311 e. The van der Waals surface area contributed by atoms with Crippen LogP contribution < -0.4 is 4.90 Å². The second kappa shape index (κ2) is 4.57. The van der Waals surface area contributed by atoms with Gasteiger partial charge in [0.2, 0.25) is 5.91 Å². The summed E-state index contributed by atoms with van der Waals surface area (Å²) < 4.78 is 0. The Hall–Kier alpha value is -1.35. The molecule has 1 amide bonds. The molecule has 2 atom stereocenters. The number of aryl methyl sites for hydroxylation is 2. The van der Waals surface area contributed by atoms with E-state index in [1.165, 1.54) is 17.5 Å². The molecule has 112 valence electrons. The van der Waals surface area contributed by atoms with Crippen LogP contribution in [-0.2, 0) is 11.2 Å². The van der Waals surface area contributed by atoms with Crippen LogP contribution in [-0.4, -0.2) is 37.0 Å². The Labute approximate surface area is 126 Å². The molecule has 3 nitrogen and oxygen atoms in total. The van der Waals surface area contributed by atoms with Crippen molar-refractivity contribution in [2.45, 2.75) is 33.1 Å². The van der Waals surface area contributed by atoms with Crippen molar-refractivity contribution in [3.05, 3.63) is 29.3 Å². The lowest BCUT2D eigenvalue weighted by atomic mass is 9.99. The van der Waals surface area contributed by atoms with Crippen LogP contribution >= 0.6 is 0 Å². The summed E-state index contributed by atoms with van der Waals surface area (Å²) in [5, 5.41) is 0. The highest BCUT2D eigenvalue weighted by Crippen LogP contribution is 2.57. The molecule has 1 aromatic carbocycles. The molecule has 2 aliphatic heterocycles. The molecule has 1 saturated carbocycles. The highest BCUT2D eigenvalue weighted by atomic mass is 16.2. The Morgan fingerprint density at radius 1 is 1.43 bits per heavy atom. The molecule has 1 aromatic rings. The van der Waals surface area contributed by atoms with Gasteiger partial charge in [0.15, 0.2) is 0 Å². The van der Waals surface area contributed by atoms with Crippen molar-refractivity contribution in [2.24, 2.45) is 11.3 Å². The van der Waals surface area contributed by atoms with Gasteiger partial charge in [0.25, 0.3) is 0 Å². The van der Waals surface area contributed by atoms with Crippen LogP contribution in [0, 0.1) is 18.3 Å². The second-order valence-corrected chi connectivity index (χ2v) is 7.51. The molecular weight excluding hydrogens is 260 g/mol. The maximum absolute atomic E-state index is 12.7. The van der Waals surface area contributed by atoms with Gasteiger partial charge in [-0.05, 0) is 49.1 Å². The number of hydrogen-bond donors (Lipinski definition) is 0. The molecule has 0 N–H and O–H groups in total. The Morgan fingerprint density at radius 3 is 3.05 bits per heavy atom. The lowest BCUT2D eigenvalue weighted by Crippen LogP contribution is -2.43. The number of nitrogens with zero attached hydrogens (tertiary/aromatic N) is 2. The summed E-state index contributed by atoms with van der Waals surface area (Å²) in [7, 11) is 0. The van der Waals surface area contributed by atoms with E-state index < -0.39 is 0 Å². The van der Waals surface area contributed by atoms with Crippen LogP contribution in [0.2, 0.25) is 0 Å². The fourth-order valence-corrected chi connectivity index (χ4v) is 4.25. The van der Waals surface area contributed by atoms with Gasteiger partial charge in [0, 0.05) is 25.3 Å². The third kappa shape index (κ3) is 2.28. The van der Waals surface area contributed by atoms with E-state index in [0.717, 1.165) is 44.1 Å². The Morgan fingerprint density at radius 2 is 2.29 bits per heavy atom. The van der Waals surface area contributed by atoms with Gasteiger partial charge in [-0.25, -0.2) is 0 Å². The van der Waals surface area contributed by atoms with Gasteiger partial charge in [-0.1, -0.05) is 24.6 Å². The number of amides is 1. The van der Waals surface area contributed by atoms with E-state index in [-0.39, 0.29) is 5.91 Å². The van der Waals surface area contributed by atoms with Gasteiger partial charge in [0.1, 0.15) is 0 Å². The number of piperidine rings is 1.